The van der Waals surface area contributed by atoms with Crippen molar-refractivity contribution in [3.05, 3.63) is 35.4 Å². The van der Waals surface area contributed by atoms with E-state index in [1.54, 1.807) is 24.3 Å². The molecular weight excluding hydrogens is 206 g/mol. The van der Waals surface area contributed by atoms with Crippen molar-refractivity contribution in [3.63, 3.8) is 0 Å². The van der Waals surface area contributed by atoms with Gasteiger partial charge in [0.15, 0.2) is 0 Å². The second kappa shape index (κ2) is 6.25. The number of carboxylic acid groups (broad SMARTS) is 1. The van der Waals surface area contributed by atoms with Gasteiger partial charge in [-0.15, -0.1) is 0 Å². The molecule has 0 fully saturated rings. The fraction of sp³-hybridized carbons (Fsp3) is 0.417. The number of hydrogen-bond acceptors (Lipinski definition) is 3. The summed E-state index contributed by atoms with van der Waals surface area (Å²) >= 11 is 0. The van der Waals surface area contributed by atoms with Gasteiger partial charge in [0.2, 0.25) is 0 Å². The maximum atomic E-state index is 10.6. The number of aromatic carboxylic acids is 1. The van der Waals surface area contributed by atoms with E-state index < -0.39 is 5.97 Å². The summed E-state index contributed by atoms with van der Waals surface area (Å²) in [6.07, 6.45) is 0.715. The van der Waals surface area contributed by atoms with E-state index in [4.69, 9.17) is 10.2 Å². The van der Waals surface area contributed by atoms with Gasteiger partial charge in [-0.3, -0.25) is 0 Å². The van der Waals surface area contributed by atoms with E-state index in [0.29, 0.717) is 18.5 Å². The zero-order chi connectivity index (χ0) is 12.0. The van der Waals surface area contributed by atoms with E-state index in [1.165, 1.54) is 0 Å². The predicted molar refractivity (Wildman–Crippen MR) is 61.4 cm³/mol. The first-order valence-corrected chi connectivity index (χ1v) is 5.30. The van der Waals surface area contributed by atoms with Crippen molar-refractivity contribution in [2.24, 2.45) is 0 Å². The van der Waals surface area contributed by atoms with Gasteiger partial charge in [0, 0.05) is 19.2 Å². The fourth-order valence-electron chi connectivity index (χ4n) is 1.35. The van der Waals surface area contributed by atoms with Crippen LogP contribution in [0.15, 0.2) is 24.3 Å². The Morgan fingerprint density at radius 1 is 1.38 bits per heavy atom. The van der Waals surface area contributed by atoms with Crippen LogP contribution >= 0.6 is 0 Å². The van der Waals surface area contributed by atoms with Gasteiger partial charge in [-0.05, 0) is 31.0 Å². The summed E-state index contributed by atoms with van der Waals surface area (Å²) in [5.41, 5.74) is 1.34. The molecule has 0 radical (unpaired) electrons. The lowest BCUT2D eigenvalue weighted by Gasteiger charge is -2.12. The van der Waals surface area contributed by atoms with Gasteiger partial charge in [0.1, 0.15) is 0 Å². The van der Waals surface area contributed by atoms with Gasteiger partial charge in [-0.2, -0.15) is 0 Å². The molecule has 0 aliphatic heterocycles. The quantitative estimate of drug-likeness (QED) is 0.678. The highest BCUT2D eigenvalue weighted by Gasteiger charge is 2.03. The molecular formula is C12H17NO3. The van der Waals surface area contributed by atoms with E-state index in [9.17, 15) is 4.79 Å². The van der Waals surface area contributed by atoms with Crippen LogP contribution in [0, 0.1) is 0 Å². The molecule has 0 amide bonds. The molecule has 4 nitrogen and oxygen atoms in total. The molecule has 0 aromatic heterocycles. The van der Waals surface area contributed by atoms with E-state index in [-0.39, 0.29) is 12.6 Å². The average Bonchev–Trinajstić information content (AvgIpc) is 2.27. The van der Waals surface area contributed by atoms with Crippen molar-refractivity contribution in [2.45, 2.75) is 25.9 Å². The van der Waals surface area contributed by atoms with Crippen molar-refractivity contribution in [1.82, 2.24) is 5.32 Å². The van der Waals surface area contributed by atoms with Crippen LogP contribution < -0.4 is 5.32 Å². The third-order valence-corrected chi connectivity index (χ3v) is 2.42. The summed E-state index contributed by atoms with van der Waals surface area (Å²) in [5, 5.41) is 20.7. The lowest BCUT2D eigenvalue weighted by Crippen LogP contribution is -2.26. The van der Waals surface area contributed by atoms with Crippen molar-refractivity contribution in [1.29, 1.82) is 0 Å². The number of benzene rings is 1. The molecule has 16 heavy (non-hydrogen) atoms. The number of aliphatic hydroxyl groups excluding tert-OH is 1. The molecule has 1 aromatic rings. The molecule has 1 rings (SSSR count). The highest BCUT2D eigenvalue weighted by molar-refractivity contribution is 5.87. The van der Waals surface area contributed by atoms with E-state index >= 15 is 0 Å². The van der Waals surface area contributed by atoms with Gasteiger partial charge in [-0.1, -0.05) is 12.1 Å². The highest BCUT2D eigenvalue weighted by atomic mass is 16.4. The lowest BCUT2D eigenvalue weighted by atomic mass is 10.1. The lowest BCUT2D eigenvalue weighted by molar-refractivity contribution is 0.0697. The summed E-state index contributed by atoms with van der Waals surface area (Å²) in [4.78, 5) is 10.6. The minimum Gasteiger partial charge on any atom is -0.478 e. The van der Waals surface area contributed by atoms with Crippen molar-refractivity contribution in [2.75, 3.05) is 6.61 Å². The van der Waals surface area contributed by atoms with Gasteiger partial charge in [-0.25, -0.2) is 4.79 Å². The van der Waals surface area contributed by atoms with Gasteiger partial charge in [0.25, 0.3) is 0 Å². The smallest absolute Gasteiger partial charge is 0.335 e. The number of aliphatic hydroxyl groups is 1. The average molecular weight is 223 g/mol. The molecule has 0 aliphatic carbocycles. The predicted octanol–water partition coefficient (Wildman–Crippen LogP) is 1.25. The third kappa shape index (κ3) is 4.00. The molecule has 3 N–H and O–H groups in total. The number of carboxylic acids is 1. The molecule has 4 heteroatoms. The van der Waals surface area contributed by atoms with Crippen molar-refractivity contribution >= 4 is 5.97 Å². The minimum absolute atomic E-state index is 0.173. The Bertz CT molecular complexity index is 335. The SMILES string of the molecule is CC(CCO)NCc1ccc(C(=O)O)cc1. The molecule has 0 saturated heterocycles. The van der Waals surface area contributed by atoms with Crippen LogP contribution in [0.5, 0.6) is 0 Å². The maximum absolute atomic E-state index is 10.6. The van der Waals surface area contributed by atoms with Crippen LogP contribution in [0.25, 0.3) is 0 Å². The van der Waals surface area contributed by atoms with Gasteiger partial charge >= 0.3 is 5.97 Å². The fourth-order valence-corrected chi connectivity index (χ4v) is 1.35. The highest BCUT2D eigenvalue weighted by Crippen LogP contribution is 2.04. The Balaban J connectivity index is 2.46. The molecule has 0 spiro atoms. The summed E-state index contributed by atoms with van der Waals surface area (Å²) in [5.74, 6) is -0.909. The van der Waals surface area contributed by atoms with Crippen LogP contribution in [-0.4, -0.2) is 28.8 Å². The summed E-state index contributed by atoms with van der Waals surface area (Å²) in [7, 11) is 0. The van der Waals surface area contributed by atoms with Crippen molar-refractivity contribution < 1.29 is 15.0 Å². The first-order chi connectivity index (χ1) is 7.63. The largest absolute Gasteiger partial charge is 0.478 e. The molecule has 1 unspecified atom stereocenters. The standard InChI is InChI=1S/C12H17NO3/c1-9(6-7-14)13-8-10-2-4-11(5-3-10)12(15)16/h2-5,9,13-14H,6-8H2,1H3,(H,15,16). The monoisotopic (exact) mass is 223 g/mol. The van der Waals surface area contributed by atoms with Gasteiger partial charge < -0.3 is 15.5 Å². The second-order valence-electron chi connectivity index (χ2n) is 3.80. The topological polar surface area (TPSA) is 69.6 Å². The third-order valence-electron chi connectivity index (χ3n) is 2.42. The Kier molecular flexibility index (Phi) is 4.95. The molecule has 0 heterocycles. The maximum Gasteiger partial charge on any atom is 0.335 e. The minimum atomic E-state index is -0.909. The summed E-state index contributed by atoms with van der Waals surface area (Å²) in [6.45, 7) is 2.86. The molecule has 88 valence electrons. The molecule has 1 atom stereocenters. The number of rotatable bonds is 6. The van der Waals surface area contributed by atoms with Crippen LogP contribution in [0.1, 0.15) is 29.3 Å². The number of hydrogen-bond donors (Lipinski definition) is 3. The first kappa shape index (κ1) is 12.7. The summed E-state index contributed by atoms with van der Waals surface area (Å²) in [6, 6.07) is 7.03. The van der Waals surface area contributed by atoms with Gasteiger partial charge in [0.05, 0.1) is 5.56 Å². The van der Waals surface area contributed by atoms with Crippen LogP contribution in [-0.2, 0) is 6.54 Å². The normalized spacial score (nSPS) is 12.4. The van der Waals surface area contributed by atoms with E-state index in [0.717, 1.165) is 5.56 Å². The molecule has 1 aromatic carbocycles. The Hall–Kier alpha value is -1.39. The first-order valence-electron chi connectivity index (χ1n) is 5.30. The second-order valence-corrected chi connectivity index (χ2v) is 3.80. The van der Waals surface area contributed by atoms with E-state index in [1.807, 2.05) is 6.92 Å². The van der Waals surface area contributed by atoms with Crippen molar-refractivity contribution in [3.8, 4) is 0 Å². The molecule has 0 aliphatic rings. The molecule has 0 bridgehead atoms. The summed E-state index contributed by atoms with van der Waals surface area (Å²) < 4.78 is 0. The van der Waals surface area contributed by atoms with Crippen LogP contribution in [0.4, 0.5) is 0 Å². The Morgan fingerprint density at radius 3 is 2.50 bits per heavy atom. The Morgan fingerprint density at radius 2 is 2.00 bits per heavy atom. The number of nitrogens with one attached hydrogen (secondary N) is 1. The zero-order valence-corrected chi connectivity index (χ0v) is 9.31. The number of carbonyl (C=O) groups is 1. The van der Waals surface area contributed by atoms with Crippen LogP contribution in [0.2, 0.25) is 0 Å². The van der Waals surface area contributed by atoms with Crippen LogP contribution in [0.3, 0.4) is 0 Å². The molecule has 0 saturated carbocycles. The van der Waals surface area contributed by atoms with E-state index in [2.05, 4.69) is 5.32 Å². The zero-order valence-electron chi connectivity index (χ0n) is 9.31. The Labute approximate surface area is 94.9 Å².